The first-order valence-corrected chi connectivity index (χ1v) is 4.26. The minimum atomic E-state index is -0.707. The third-order valence-electron chi connectivity index (χ3n) is 2.15. The lowest BCUT2D eigenvalue weighted by Gasteiger charge is -2.08. The van der Waals surface area contributed by atoms with Gasteiger partial charge in [-0.3, -0.25) is 0 Å². The van der Waals surface area contributed by atoms with E-state index >= 15 is 0 Å². The third-order valence-corrected chi connectivity index (χ3v) is 2.15. The van der Waals surface area contributed by atoms with Gasteiger partial charge in [0.2, 0.25) is 0 Å². The van der Waals surface area contributed by atoms with Crippen LogP contribution in [0.25, 0.3) is 5.76 Å². The summed E-state index contributed by atoms with van der Waals surface area (Å²) in [7, 11) is 0. The summed E-state index contributed by atoms with van der Waals surface area (Å²) in [5, 5.41) is 22.6. The predicted octanol–water partition coefficient (Wildman–Crippen LogP) is 1.57. The van der Waals surface area contributed by atoms with Gasteiger partial charge in [0, 0.05) is 6.42 Å². The SMILES string of the molecule is CC(O)c1noc2c1C(O)=CCC2. The smallest absolute Gasteiger partial charge is 0.148 e. The zero-order chi connectivity index (χ0) is 9.42. The second kappa shape index (κ2) is 2.88. The van der Waals surface area contributed by atoms with Crippen molar-refractivity contribution in [3.63, 3.8) is 0 Å². The van der Waals surface area contributed by atoms with Gasteiger partial charge in [-0.1, -0.05) is 5.16 Å². The molecule has 1 aromatic heterocycles. The first-order valence-electron chi connectivity index (χ1n) is 4.26. The minimum absolute atomic E-state index is 0.165. The normalized spacial score (nSPS) is 17.8. The van der Waals surface area contributed by atoms with Crippen molar-refractivity contribution in [3.05, 3.63) is 23.1 Å². The highest BCUT2D eigenvalue weighted by molar-refractivity contribution is 5.64. The van der Waals surface area contributed by atoms with Crippen molar-refractivity contribution in [1.82, 2.24) is 5.16 Å². The van der Waals surface area contributed by atoms with Crippen LogP contribution in [0.3, 0.4) is 0 Å². The maximum absolute atomic E-state index is 9.53. The Balaban J connectivity index is 2.53. The Labute approximate surface area is 75.5 Å². The monoisotopic (exact) mass is 181 g/mol. The fourth-order valence-corrected chi connectivity index (χ4v) is 1.51. The average Bonchev–Trinajstić information content (AvgIpc) is 2.49. The van der Waals surface area contributed by atoms with Crippen LogP contribution in [-0.4, -0.2) is 15.4 Å². The summed E-state index contributed by atoms with van der Waals surface area (Å²) in [6.45, 7) is 1.60. The number of rotatable bonds is 1. The van der Waals surface area contributed by atoms with Gasteiger partial charge >= 0.3 is 0 Å². The summed E-state index contributed by atoms with van der Waals surface area (Å²) in [6, 6.07) is 0. The van der Waals surface area contributed by atoms with Gasteiger partial charge < -0.3 is 14.7 Å². The number of nitrogens with zero attached hydrogens (tertiary/aromatic N) is 1. The Morgan fingerprint density at radius 3 is 3.08 bits per heavy atom. The topological polar surface area (TPSA) is 66.5 Å². The summed E-state index contributed by atoms with van der Waals surface area (Å²) in [6.07, 6.45) is 2.50. The molecule has 70 valence electrons. The van der Waals surface area contributed by atoms with E-state index in [0.717, 1.165) is 12.8 Å². The number of allylic oxidation sites excluding steroid dienone is 1. The summed E-state index contributed by atoms with van der Waals surface area (Å²) in [5.41, 5.74) is 0.990. The van der Waals surface area contributed by atoms with Crippen molar-refractivity contribution in [2.45, 2.75) is 25.9 Å². The van der Waals surface area contributed by atoms with E-state index < -0.39 is 6.10 Å². The molecular weight excluding hydrogens is 170 g/mol. The van der Waals surface area contributed by atoms with E-state index in [-0.39, 0.29) is 5.76 Å². The first kappa shape index (κ1) is 8.31. The van der Waals surface area contributed by atoms with Crippen LogP contribution in [0.1, 0.15) is 36.5 Å². The molecule has 1 heterocycles. The number of hydrogen-bond acceptors (Lipinski definition) is 4. The van der Waals surface area contributed by atoms with E-state index in [2.05, 4.69) is 5.16 Å². The van der Waals surface area contributed by atoms with Gasteiger partial charge in [-0.2, -0.15) is 0 Å². The molecule has 4 nitrogen and oxygen atoms in total. The quantitative estimate of drug-likeness (QED) is 0.690. The van der Waals surface area contributed by atoms with E-state index in [1.807, 2.05) is 0 Å². The lowest BCUT2D eigenvalue weighted by molar-refractivity contribution is 0.187. The van der Waals surface area contributed by atoms with Gasteiger partial charge in [0.15, 0.2) is 0 Å². The second-order valence-electron chi connectivity index (χ2n) is 3.17. The van der Waals surface area contributed by atoms with E-state index in [9.17, 15) is 10.2 Å². The van der Waals surface area contributed by atoms with Gasteiger partial charge in [0.05, 0.1) is 11.7 Å². The number of aliphatic hydroxyl groups excluding tert-OH is 2. The van der Waals surface area contributed by atoms with Crippen LogP contribution in [0.5, 0.6) is 0 Å². The van der Waals surface area contributed by atoms with Gasteiger partial charge in [0.25, 0.3) is 0 Å². The van der Waals surface area contributed by atoms with Crippen molar-refractivity contribution in [1.29, 1.82) is 0 Å². The summed E-state index contributed by atoms with van der Waals surface area (Å²) >= 11 is 0. The summed E-state index contributed by atoms with van der Waals surface area (Å²) in [4.78, 5) is 0. The lowest BCUT2D eigenvalue weighted by Crippen LogP contribution is -2.01. The lowest BCUT2D eigenvalue weighted by atomic mass is 10.00. The molecule has 2 N–H and O–H groups in total. The summed E-state index contributed by atoms with van der Waals surface area (Å²) in [5.74, 6) is 0.828. The van der Waals surface area contributed by atoms with E-state index in [4.69, 9.17) is 4.52 Å². The van der Waals surface area contributed by atoms with Crippen molar-refractivity contribution in [2.75, 3.05) is 0 Å². The molecule has 0 amide bonds. The van der Waals surface area contributed by atoms with E-state index in [1.165, 1.54) is 0 Å². The molecule has 0 radical (unpaired) electrons. The summed E-state index contributed by atoms with van der Waals surface area (Å²) < 4.78 is 5.01. The first-order chi connectivity index (χ1) is 6.20. The van der Waals surface area contributed by atoms with Crippen LogP contribution < -0.4 is 0 Å². The predicted molar refractivity (Wildman–Crippen MR) is 46.1 cm³/mol. The Morgan fingerprint density at radius 2 is 2.38 bits per heavy atom. The van der Waals surface area contributed by atoms with Crippen molar-refractivity contribution in [2.24, 2.45) is 0 Å². The van der Waals surface area contributed by atoms with Crippen molar-refractivity contribution in [3.8, 4) is 0 Å². The maximum Gasteiger partial charge on any atom is 0.148 e. The fraction of sp³-hybridized carbons (Fsp3) is 0.444. The maximum atomic E-state index is 9.53. The van der Waals surface area contributed by atoms with Gasteiger partial charge in [-0.15, -0.1) is 0 Å². The Bertz CT molecular complexity index is 352. The van der Waals surface area contributed by atoms with Gasteiger partial charge in [0.1, 0.15) is 17.2 Å². The minimum Gasteiger partial charge on any atom is -0.507 e. The number of hydrogen-bond donors (Lipinski definition) is 2. The molecule has 0 fully saturated rings. The molecule has 1 aliphatic carbocycles. The van der Waals surface area contributed by atoms with E-state index in [1.54, 1.807) is 13.0 Å². The van der Waals surface area contributed by atoms with Crippen molar-refractivity contribution < 1.29 is 14.7 Å². The number of aromatic nitrogens is 1. The number of aryl methyl sites for hydroxylation is 1. The number of fused-ring (bicyclic) bond motifs is 1. The average molecular weight is 181 g/mol. The molecule has 1 aliphatic rings. The van der Waals surface area contributed by atoms with Crippen LogP contribution in [-0.2, 0) is 6.42 Å². The zero-order valence-corrected chi connectivity index (χ0v) is 7.32. The van der Waals surface area contributed by atoms with Crippen LogP contribution in [0.2, 0.25) is 0 Å². The zero-order valence-electron chi connectivity index (χ0n) is 7.32. The highest BCUT2D eigenvalue weighted by Gasteiger charge is 2.24. The Hall–Kier alpha value is -1.29. The molecule has 1 aromatic rings. The van der Waals surface area contributed by atoms with Crippen LogP contribution in [0, 0.1) is 0 Å². The molecule has 0 bridgehead atoms. The molecule has 2 rings (SSSR count). The highest BCUT2D eigenvalue weighted by atomic mass is 16.5. The Kier molecular flexibility index (Phi) is 1.84. The molecule has 4 heteroatoms. The van der Waals surface area contributed by atoms with Gasteiger partial charge in [-0.25, -0.2) is 0 Å². The molecule has 0 saturated carbocycles. The van der Waals surface area contributed by atoms with Crippen molar-refractivity contribution >= 4 is 5.76 Å². The standard InChI is InChI=1S/C9H11NO3/c1-5(11)9-8-6(12)3-2-4-7(8)13-10-9/h3,5,11-12H,2,4H2,1H3. The van der Waals surface area contributed by atoms with E-state index in [0.29, 0.717) is 17.0 Å². The fourth-order valence-electron chi connectivity index (χ4n) is 1.51. The highest BCUT2D eigenvalue weighted by Crippen LogP contribution is 2.30. The Morgan fingerprint density at radius 1 is 1.62 bits per heavy atom. The molecule has 0 spiro atoms. The molecule has 13 heavy (non-hydrogen) atoms. The second-order valence-corrected chi connectivity index (χ2v) is 3.17. The largest absolute Gasteiger partial charge is 0.507 e. The molecule has 1 atom stereocenters. The molecule has 1 unspecified atom stereocenters. The molecular formula is C9H11NO3. The third kappa shape index (κ3) is 1.23. The van der Waals surface area contributed by atoms with Crippen LogP contribution >= 0.6 is 0 Å². The molecule has 0 aromatic carbocycles. The molecule has 0 aliphatic heterocycles. The van der Waals surface area contributed by atoms with Crippen LogP contribution in [0.15, 0.2) is 10.6 Å². The van der Waals surface area contributed by atoms with Crippen LogP contribution in [0.4, 0.5) is 0 Å². The number of aliphatic hydroxyl groups is 2. The van der Waals surface area contributed by atoms with Gasteiger partial charge in [-0.05, 0) is 19.4 Å². The molecule has 0 saturated heterocycles.